The minimum absolute atomic E-state index is 0.257. The van der Waals surface area contributed by atoms with E-state index in [1.807, 2.05) is 47.9 Å². The van der Waals surface area contributed by atoms with Crippen LogP contribution in [0.5, 0.6) is 0 Å². The van der Waals surface area contributed by atoms with E-state index in [4.69, 9.17) is 9.15 Å². The van der Waals surface area contributed by atoms with E-state index in [2.05, 4.69) is 4.98 Å². The zero-order chi connectivity index (χ0) is 14.7. The number of nitrogens with zero attached hydrogens (tertiary/aromatic N) is 2. The van der Waals surface area contributed by atoms with Crippen LogP contribution >= 0.6 is 0 Å². The van der Waals surface area contributed by atoms with Crippen LogP contribution < -0.4 is 0 Å². The molecule has 0 saturated heterocycles. The zero-order valence-corrected chi connectivity index (χ0v) is 11.9. The Morgan fingerprint density at radius 3 is 2.95 bits per heavy atom. The summed E-state index contributed by atoms with van der Waals surface area (Å²) in [4.78, 5) is 4.48. The summed E-state index contributed by atoms with van der Waals surface area (Å²) in [5.41, 5.74) is 1.97. The number of aryl methyl sites for hydroxylation is 1. The quantitative estimate of drug-likeness (QED) is 0.756. The molecule has 0 amide bonds. The maximum absolute atomic E-state index is 10.1. The molecule has 0 bridgehead atoms. The molecule has 0 fully saturated rings. The summed E-state index contributed by atoms with van der Waals surface area (Å²) in [6.45, 7) is 3.03. The molecule has 2 aromatic heterocycles. The fraction of sp³-hybridized carbons (Fsp3) is 0.312. The van der Waals surface area contributed by atoms with Gasteiger partial charge in [0.1, 0.15) is 18.2 Å². The predicted octanol–water partition coefficient (Wildman–Crippen LogP) is 2.52. The van der Waals surface area contributed by atoms with Gasteiger partial charge in [0.25, 0.3) is 0 Å². The summed E-state index contributed by atoms with van der Waals surface area (Å²) in [6.07, 6.45) is 1.02. The first-order valence-corrected chi connectivity index (χ1v) is 6.94. The number of hydrogen-bond acceptors (Lipinski definition) is 4. The maximum Gasteiger partial charge on any atom is 0.129 e. The molecule has 0 aliphatic carbocycles. The number of aliphatic hydroxyl groups is 1. The molecule has 0 aliphatic heterocycles. The molecule has 1 aromatic carbocycles. The van der Waals surface area contributed by atoms with Crippen LogP contribution in [0.2, 0.25) is 0 Å². The molecule has 3 aromatic rings. The van der Waals surface area contributed by atoms with Gasteiger partial charge in [-0.25, -0.2) is 4.98 Å². The molecule has 0 saturated carbocycles. The highest BCUT2D eigenvalue weighted by Gasteiger charge is 2.12. The number of rotatable bonds is 6. The fourth-order valence-corrected chi connectivity index (χ4v) is 2.38. The first-order valence-electron chi connectivity index (χ1n) is 6.94. The topological polar surface area (TPSA) is 60.4 Å². The summed E-state index contributed by atoms with van der Waals surface area (Å²) in [5.74, 6) is 1.65. The van der Waals surface area contributed by atoms with Gasteiger partial charge in [0.2, 0.25) is 0 Å². The summed E-state index contributed by atoms with van der Waals surface area (Å²) in [7, 11) is 0. The monoisotopic (exact) mass is 286 g/mol. The molecule has 1 unspecified atom stereocenters. The van der Waals surface area contributed by atoms with E-state index in [0.717, 1.165) is 22.6 Å². The number of imidazole rings is 1. The molecule has 110 valence electrons. The third kappa shape index (κ3) is 3.15. The number of para-hydroxylation sites is 2. The summed E-state index contributed by atoms with van der Waals surface area (Å²) in [6, 6.07) is 11.6. The molecule has 0 radical (unpaired) electrons. The van der Waals surface area contributed by atoms with Gasteiger partial charge in [-0.3, -0.25) is 0 Å². The van der Waals surface area contributed by atoms with E-state index in [9.17, 15) is 5.11 Å². The first kappa shape index (κ1) is 13.9. The van der Waals surface area contributed by atoms with Crippen molar-refractivity contribution in [2.45, 2.75) is 26.2 Å². The Balaban J connectivity index is 1.60. The average Bonchev–Trinajstić information content (AvgIpc) is 3.08. The van der Waals surface area contributed by atoms with Crippen molar-refractivity contribution in [3.05, 3.63) is 54.2 Å². The Morgan fingerprint density at radius 2 is 2.14 bits per heavy atom. The van der Waals surface area contributed by atoms with E-state index in [1.165, 1.54) is 0 Å². The van der Waals surface area contributed by atoms with Gasteiger partial charge in [-0.15, -0.1) is 0 Å². The SMILES string of the molecule is Cc1nc2ccccc2n1CC(O)COCc1ccco1. The van der Waals surface area contributed by atoms with Gasteiger partial charge in [0.15, 0.2) is 0 Å². The fourth-order valence-electron chi connectivity index (χ4n) is 2.38. The number of fused-ring (bicyclic) bond motifs is 1. The van der Waals surface area contributed by atoms with Crippen LogP contribution in [0.25, 0.3) is 11.0 Å². The van der Waals surface area contributed by atoms with Crippen molar-refractivity contribution in [2.75, 3.05) is 6.61 Å². The Hall–Kier alpha value is -2.11. The normalized spacial score (nSPS) is 12.9. The van der Waals surface area contributed by atoms with E-state index in [1.54, 1.807) is 6.26 Å². The lowest BCUT2D eigenvalue weighted by atomic mass is 10.3. The second kappa shape index (κ2) is 6.11. The van der Waals surface area contributed by atoms with Gasteiger partial charge in [0, 0.05) is 0 Å². The lowest BCUT2D eigenvalue weighted by Crippen LogP contribution is -2.22. The Labute approximate surface area is 122 Å². The molecule has 0 spiro atoms. The summed E-state index contributed by atoms with van der Waals surface area (Å²) < 4.78 is 12.6. The number of benzene rings is 1. The third-order valence-corrected chi connectivity index (χ3v) is 3.37. The standard InChI is InChI=1S/C16H18N2O3/c1-12-17-15-6-2-3-7-16(15)18(12)9-13(19)10-20-11-14-5-4-8-21-14/h2-8,13,19H,9-11H2,1H3. The Morgan fingerprint density at radius 1 is 1.29 bits per heavy atom. The number of ether oxygens (including phenoxy) is 1. The minimum Gasteiger partial charge on any atom is -0.467 e. The number of aromatic nitrogens is 2. The van der Waals surface area contributed by atoms with Crippen LogP contribution in [0.4, 0.5) is 0 Å². The van der Waals surface area contributed by atoms with E-state index < -0.39 is 6.10 Å². The number of aliphatic hydroxyl groups excluding tert-OH is 1. The van der Waals surface area contributed by atoms with Gasteiger partial charge in [-0.05, 0) is 31.2 Å². The maximum atomic E-state index is 10.1. The summed E-state index contributed by atoms with van der Waals surface area (Å²) in [5, 5.41) is 10.1. The van der Waals surface area contributed by atoms with Crippen LogP contribution in [-0.2, 0) is 17.9 Å². The van der Waals surface area contributed by atoms with Crippen molar-refractivity contribution in [2.24, 2.45) is 0 Å². The van der Waals surface area contributed by atoms with E-state index in [0.29, 0.717) is 13.2 Å². The second-order valence-electron chi connectivity index (χ2n) is 5.01. The molecular weight excluding hydrogens is 268 g/mol. The van der Waals surface area contributed by atoms with Gasteiger partial charge in [-0.2, -0.15) is 0 Å². The Kier molecular flexibility index (Phi) is 4.03. The molecule has 3 rings (SSSR count). The molecular formula is C16H18N2O3. The van der Waals surface area contributed by atoms with Crippen LogP contribution in [-0.4, -0.2) is 27.4 Å². The predicted molar refractivity (Wildman–Crippen MR) is 78.8 cm³/mol. The molecule has 1 N–H and O–H groups in total. The summed E-state index contributed by atoms with van der Waals surface area (Å²) >= 11 is 0. The average molecular weight is 286 g/mol. The van der Waals surface area contributed by atoms with Crippen LogP contribution in [0.3, 0.4) is 0 Å². The zero-order valence-electron chi connectivity index (χ0n) is 11.9. The van der Waals surface area contributed by atoms with Gasteiger partial charge in [-0.1, -0.05) is 12.1 Å². The highest BCUT2D eigenvalue weighted by atomic mass is 16.5. The largest absolute Gasteiger partial charge is 0.467 e. The lowest BCUT2D eigenvalue weighted by molar-refractivity contribution is 0.0149. The van der Waals surface area contributed by atoms with Crippen LogP contribution in [0, 0.1) is 6.92 Å². The van der Waals surface area contributed by atoms with Crippen molar-refractivity contribution < 1.29 is 14.3 Å². The molecule has 5 heteroatoms. The lowest BCUT2D eigenvalue weighted by Gasteiger charge is -2.13. The Bertz CT molecular complexity index is 703. The second-order valence-corrected chi connectivity index (χ2v) is 5.01. The van der Waals surface area contributed by atoms with Crippen LogP contribution in [0.15, 0.2) is 47.1 Å². The molecule has 5 nitrogen and oxygen atoms in total. The van der Waals surface area contributed by atoms with Crippen molar-refractivity contribution in [3.8, 4) is 0 Å². The molecule has 1 atom stereocenters. The number of furan rings is 1. The third-order valence-electron chi connectivity index (χ3n) is 3.37. The molecule has 0 aliphatic rings. The van der Waals surface area contributed by atoms with E-state index >= 15 is 0 Å². The highest BCUT2D eigenvalue weighted by Crippen LogP contribution is 2.16. The molecule has 2 heterocycles. The van der Waals surface area contributed by atoms with Gasteiger partial charge >= 0.3 is 0 Å². The molecule has 21 heavy (non-hydrogen) atoms. The van der Waals surface area contributed by atoms with Crippen LogP contribution in [0.1, 0.15) is 11.6 Å². The first-order chi connectivity index (χ1) is 10.2. The van der Waals surface area contributed by atoms with Crippen molar-refractivity contribution in [1.82, 2.24) is 9.55 Å². The van der Waals surface area contributed by atoms with E-state index in [-0.39, 0.29) is 6.61 Å². The highest BCUT2D eigenvalue weighted by molar-refractivity contribution is 5.75. The van der Waals surface area contributed by atoms with Crippen molar-refractivity contribution in [3.63, 3.8) is 0 Å². The number of hydrogen-bond donors (Lipinski definition) is 1. The minimum atomic E-state index is -0.587. The smallest absolute Gasteiger partial charge is 0.129 e. The van der Waals surface area contributed by atoms with Crippen molar-refractivity contribution in [1.29, 1.82) is 0 Å². The van der Waals surface area contributed by atoms with Crippen molar-refractivity contribution >= 4 is 11.0 Å². The van der Waals surface area contributed by atoms with Gasteiger partial charge in [0.05, 0.1) is 36.6 Å². The van der Waals surface area contributed by atoms with Gasteiger partial charge < -0.3 is 18.8 Å².